The highest BCUT2D eigenvalue weighted by atomic mass is 79.9. The summed E-state index contributed by atoms with van der Waals surface area (Å²) < 4.78 is 14.6. The molecule has 0 bridgehead atoms. The summed E-state index contributed by atoms with van der Waals surface area (Å²) in [5.41, 5.74) is 3.84. The molecule has 0 aliphatic carbocycles. The highest BCUT2D eigenvalue weighted by Crippen LogP contribution is 2.38. The quantitative estimate of drug-likeness (QED) is 0.120. The van der Waals surface area contributed by atoms with Crippen LogP contribution in [0.2, 0.25) is 0 Å². The molecule has 0 spiro atoms. The van der Waals surface area contributed by atoms with Gasteiger partial charge in [0.15, 0.2) is 0 Å². The second-order valence-corrected chi connectivity index (χ2v) is 11.8. The fourth-order valence-corrected chi connectivity index (χ4v) is 5.81. The zero-order chi connectivity index (χ0) is 29.5. The van der Waals surface area contributed by atoms with Crippen LogP contribution in [0.4, 0.5) is 11.6 Å². The van der Waals surface area contributed by atoms with Crippen molar-refractivity contribution in [1.29, 1.82) is 0 Å². The molecule has 1 aliphatic heterocycles. The lowest BCUT2D eigenvalue weighted by atomic mass is 9.95. The Morgan fingerprint density at radius 2 is 1.81 bits per heavy atom. The van der Waals surface area contributed by atoms with Crippen LogP contribution in [0.5, 0.6) is 11.5 Å². The number of nitrogens with one attached hydrogen (secondary N) is 2. The number of nitrogens with zero attached hydrogens (tertiary/aromatic N) is 3. The van der Waals surface area contributed by atoms with Gasteiger partial charge in [-0.15, -0.1) is 5.10 Å². The number of aromatic nitrogens is 3. The van der Waals surface area contributed by atoms with Crippen molar-refractivity contribution >= 4 is 45.2 Å². The van der Waals surface area contributed by atoms with E-state index in [0.717, 1.165) is 39.9 Å². The van der Waals surface area contributed by atoms with Gasteiger partial charge < -0.3 is 20.1 Å². The molecule has 4 aromatic rings. The Hall–Kier alpha value is -3.76. The molecule has 2 N–H and O–H groups in total. The molecular formula is C32H34BrN5O3S. The maximum atomic E-state index is 13.9. The first-order valence-electron chi connectivity index (χ1n) is 14.0. The van der Waals surface area contributed by atoms with Crippen LogP contribution in [0.3, 0.4) is 0 Å². The Morgan fingerprint density at radius 1 is 1.05 bits per heavy atom. The zero-order valence-corrected chi connectivity index (χ0v) is 26.3. The van der Waals surface area contributed by atoms with Crippen molar-refractivity contribution in [2.45, 2.75) is 51.4 Å². The van der Waals surface area contributed by atoms with Gasteiger partial charge in [-0.25, -0.2) is 4.68 Å². The van der Waals surface area contributed by atoms with Crippen LogP contribution in [-0.4, -0.2) is 33.0 Å². The molecule has 3 aromatic carbocycles. The van der Waals surface area contributed by atoms with Gasteiger partial charge in [-0.1, -0.05) is 77.4 Å². The average molecular weight is 649 g/mol. The number of halogens is 1. The molecule has 8 nitrogen and oxygen atoms in total. The van der Waals surface area contributed by atoms with Crippen molar-refractivity contribution < 1.29 is 14.3 Å². The standard InChI is InChI=1S/C32H34BrN5O3S/c1-4-6-19-42-32-36-31-34-21(3)28(30(39)35-26-9-7-8-10-27(26)40-5-2)29(38(31)37-32)23-13-17-25(18-14-23)41-20-22-11-15-24(33)16-12-22/h7-18,29H,4-6,19-20H2,1-3H3,(H,35,39)(H,34,36,37). The Balaban J connectivity index is 1.44. The predicted molar refractivity (Wildman–Crippen MR) is 171 cm³/mol. The molecule has 0 fully saturated rings. The number of thioether (sulfide) groups is 1. The highest BCUT2D eigenvalue weighted by Gasteiger charge is 2.34. The van der Waals surface area contributed by atoms with E-state index in [1.54, 1.807) is 11.8 Å². The minimum Gasteiger partial charge on any atom is -0.492 e. The second-order valence-electron chi connectivity index (χ2n) is 9.80. The number of amides is 1. The molecule has 1 aromatic heterocycles. The Bertz CT molecular complexity index is 1550. The number of carbonyl (C=O) groups is 1. The van der Waals surface area contributed by atoms with Gasteiger partial charge >= 0.3 is 0 Å². The van der Waals surface area contributed by atoms with E-state index in [1.165, 1.54) is 0 Å². The van der Waals surface area contributed by atoms with Crippen molar-refractivity contribution in [3.63, 3.8) is 0 Å². The molecule has 1 atom stereocenters. The summed E-state index contributed by atoms with van der Waals surface area (Å²) in [6.45, 7) is 6.93. The van der Waals surface area contributed by atoms with Gasteiger partial charge in [0.25, 0.3) is 5.91 Å². The molecule has 1 aliphatic rings. The molecule has 2 heterocycles. The van der Waals surface area contributed by atoms with E-state index < -0.39 is 6.04 Å². The van der Waals surface area contributed by atoms with Gasteiger partial charge in [-0.2, -0.15) is 4.98 Å². The molecular weight excluding hydrogens is 614 g/mol. The minimum atomic E-state index is -0.492. The van der Waals surface area contributed by atoms with Crippen LogP contribution in [0, 0.1) is 0 Å². The monoisotopic (exact) mass is 647 g/mol. The summed E-state index contributed by atoms with van der Waals surface area (Å²) in [7, 11) is 0. The number of benzene rings is 3. The van der Waals surface area contributed by atoms with Gasteiger partial charge in [0.2, 0.25) is 11.1 Å². The number of hydrogen-bond donors (Lipinski definition) is 2. The number of unbranched alkanes of at least 4 members (excludes halogenated alkanes) is 1. The van der Waals surface area contributed by atoms with Crippen LogP contribution < -0.4 is 20.1 Å². The van der Waals surface area contributed by atoms with E-state index in [2.05, 4.69) is 33.5 Å². The lowest BCUT2D eigenvalue weighted by molar-refractivity contribution is -0.113. The number of fused-ring (bicyclic) bond motifs is 1. The molecule has 42 heavy (non-hydrogen) atoms. The molecule has 1 unspecified atom stereocenters. The predicted octanol–water partition coefficient (Wildman–Crippen LogP) is 7.84. The first-order chi connectivity index (χ1) is 20.5. The molecule has 0 saturated carbocycles. The van der Waals surface area contributed by atoms with Crippen LogP contribution in [0.1, 0.15) is 50.8 Å². The number of para-hydroxylation sites is 2. The smallest absolute Gasteiger partial charge is 0.255 e. The molecule has 1 amide bonds. The minimum absolute atomic E-state index is 0.242. The maximum Gasteiger partial charge on any atom is 0.255 e. The molecule has 0 radical (unpaired) electrons. The first-order valence-corrected chi connectivity index (χ1v) is 15.8. The number of allylic oxidation sites excluding steroid dienone is 1. The van der Waals surface area contributed by atoms with Gasteiger partial charge in [0, 0.05) is 15.9 Å². The largest absolute Gasteiger partial charge is 0.492 e. The lowest BCUT2D eigenvalue weighted by Gasteiger charge is -2.29. The number of ether oxygens (including phenoxy) is 2. The molecule has 218 valence electrons. The Kier molecular flexibility index (Phi) is 9.86. The average Bonchev–Trinajstić information content (AvgIpc) is 3.40. The molecule has 0 saturated heterocycles. The number of carbonyl (C=O) groups excluding carboxylic acids is 1. The number of hydrogen-bond acceptors (Lipinski definition) is 7. The third-order valence-electron chi connectivity index (χ3n) is 6.76. The zero-order valence-electron chi connectivity index (χ0n) is 23.9. The highest BCUT2D eigenvalue weighted by molar-refractivity contribution is 9.10. The molecule has 10 heteroatoms. The number of anilines is 2. The van der Waals surface area contributed by atoms with Gasteiger partial charge in [0.1, 0.15) is 24.1 Å². The van der Waals surface area contributed by atoms with Crippen molar-refractivity contribution in [2.24, 2.45) is 0 Å². The summed E-state index contributed by atoms with van der Waals surface area (Å²) in [5.74, 6) is 2.66. The summed E-state index contributed by atoms with van der Waals surface area (Å²) in [5, 5.41) is 11.9. The summed E-state index contributed by atoms with van der Waals surface area (Å²) >= 11 is 5.09. The van der Waals surface area contributed by atoms with Crippen molar-refractivity contribution in [3.8, 4) is 11.5 Å². The second kappa shape index (κ2) is 13.9. The van der Waals surface area contributed by atoms with Crippen LogP contribution in [-0.2, 0) is 11.4 Å². The van der Waals surface area contributed by atoms with E-state index in [0.29, 0.717) is 47.0 Å². The van der Waals surface area contributed by atoms with Crippen molar-refractivity contribution in [2.75, 3.05) is 23.0 Å². The SMILES string of the molecule is CCCCSc1nc2n(n1)C(c1ccc(OCc3ccc(Br)cc3)cc1)C(C(=O)Nc1ccccc1OCC)=C(C)N2. The molecule has 5 rings (SSSR count). The number of rotatable bonds is 12. The fourth-order valence-electron chi connectivity index (χ4n) is 4.64. The van der Waals surface area contributed by atoms with Crippen LogP contribution in [0.25, 0.3) is 0 Å². The van der Waals surface area contributed by atoms with E-state index in [-0.39, 0.29) is 5.91 Å². The normalized spacial score (nSPS) is 14.2. The maximum absolute atomic E-state index is 13.9. The fraction of sp³-hybridized carbons (Fsp3) is 0.281. The Labute approximate surface area is 259 Å². The van der Waals surface area contributed by atoms with E-state index in [9.17, 15) is 4.79 Å². The van der Waals surface area contributed by atoms with Gasteiger partial charge in [-0.05, 0) is 67.8 Å². The third kappa shape index (κ3) is 6.99. The summed E-state index contributed by atoms with van der Waals surface area (Å²) in [6, 6.07) is 22.8. The topological polar surface area (TPSA) is 90.3 Å². The lowest BCUT2D eigenvalue weighted by Crippen LogP contribution is -2.31. The van der Waals surface area contributed by atoms with Crippen molar-refractivity contribution in [1.82, 2.24) is 14.8 Å². The Morgan fingerprint density at radius 3 is 2.55 bits per heavy atom. The first kappa shape index (κ1) is 29.7. The van der Waals surface area contributed by atoms with Crippen LogP contribution in [0.15, 0.2) is 93.7 Å². The van der Waals surface area contributed by atoms with Crippen LogP contribution >= 0.6 is 27.7 Å². The van der Waals surface area contributed by atoms with E-state index >= 15 is 0 Å². The van der Waals surface area contributed by atoms with E-state index in [1.807, 2.05) is 91.3 Å². The van der Waals surface area contributed by atoms with Gasteiger partial charge in [0.05, 0.1) is 17.9 Å². The van der Waals surface area contributed by atoms with E-state index in [4.69, 9.17) is 19.6 Å². The van der Waals surface area contributed by atoms with Gasteiger partial charge in [-0.3, -0.25) is 4.79 Å². The summed E-state index contributed by atoms with van der Waals surface area (Å²) in [4.78, 5) is 18.7. The summed E-state index contributed by atoms with van der Waals surface area (Å²) in [6.07, 6.45) is 2.18. The van der Waals surface area contributed by atoms with Crippen molar-refractivity contribution in [3.05, 3.63) is 99.7 Å². The third-order valence-corrected chi connectivity index (χ3v) is 8.21.